The van der Waals surface area contributed by atoms with E-state index in [4.69, 9.17) is 22.1 Å². The Labute approximate surface area is 136 Å². The van der Waals surface area contributed by atoms with Crippen molar-refractivity contribution in [2.24, 2.45) is 0 Å². The molecular formula is C14H13NO5S2. The minimum atomic E-state index is -0.985. The number of rotatable bonds is 5. The quantitative estimate of drug-likeness (QED) is 0.627. The summed E-state index contributed by atoms with van der Waals surface area (Å²) in [6.07, 6.45) is 1.47. The molecule has 0 bridgehead atoms. The first kappa shape index (κ1) is 16.3. The maximum Gasteiger partial charge on any atom is 0.305 e. The normalized spacial score (nSPS) is 16.4. The molecule has 0 radical (unpaired) electrons. The smallest absolute Gasteiger partial charge is 0.305 e. The summed E-state index contributed by atoms with van der Waals surface area (Å²) in [4.78, 5) is 24.5. The molecule has 22 heavy (non-hydrogen) atoms. The van der Waals surface area contributed by atoms with E-state index >= 15 is 0 Å². The second-order valence-corrected chi connectivity index (χ2v) is 6.08. The average molecular weight is 339 g/mol. The number of carboxylic acid groups (broad SMARTS) is 1. The number of methoxy groups -OCH3 is 1. The van der Waals surface area contributed by atoms with Gasteiger partial charge >= 0.3 is 5.97 Å². The molecule has 1 aromatic carbocycles. The van der Waals surface area contributed by atoms with Crippen LogP contribution in [0.5, 0.6) is 11.5 Å². The zero-order valence-corrected chi connectivity index (χ0v) is 13.2. The molecule has 1 saturated heterocycles. The van der Waals surface area contributed by atoms with Gasteiger partial charge in [-0.2, -0.15) is 0 Å². The predicted molar refractivity (Wildman–Crippen MR) is 86.8 cm³/mol. The van der Waals surface area contributed by atoms with Gasteiger partial charge in [0, 0.05) is 6.54 Å². The number of aliphatic carboxylic acids is 1. The molecular weight excluding hydrogens is 326 g/mol. The summed E-state index contributed by atoms with van der Waals surface area (Å²) in [5.74, 6) is -0.992. The van der Waals surface area contributed by atoms with E-state index in [2.05, 4.69) is 0 Å². The van der Waals surface area contributed by atoms with Gasteiger partial charge in [-0.1, -0.05) is 30.0 Å². The Bertz CT molecular complexity index is 671. The van der Waals surface area contributed by atoms with Crippen LogP contribution in [0, 0.1) is 0 Å². The van der Waals surface area contributed by atoms with E-state index in [1.54, 1.807) is 18.2 Å². The summed E-state index contributed by atoms with van der Waals surface area (Å²) in [5.41, 5.74) is 0.674. The van der Waals surface area contributed by atoms with Crippen molar-refractivity contribution in [3.8, 4) is 11.5 Å². The summed E-state index contributed by atoms with van der Waals surface area (Å²) in [6, 6.07) is 4.70. The number of thiocarbonyl (C=S) groups is 1. The number of carboxylic acids is 1. The monoisotopic (exact) mass is 339 g/mol. The molecule has 1 fully saturated rings. The van der Waals surface area contributed by atoms with E-state index in [1.807, 2.05) is 0 Å². The number of amides is 1. The molecule has 0 spiro atoms. The number of thioether (sulfide) groups is 1. The Morgan fingerprint density at radius 3 is 2.86 bits per heavy atom. The molecule has 1 heterocycles. The van der Waals surface area contributed by atoms with Crippen LogP contribution in [-0.4, -0.2) is 45.0 Å². The third kappa shape index (κ3) is 3.58. The fourth-order valence-corrected chi connectivity index (χ4v) is 3.14. The van der Waals surface area contributed by atoms with Crippen molar-refractivity contribution in [1.82, 2.24) is 4.90 Å². The highest BCUT2D eigenvalue weighted by Crippen LogP contribution is 2.34. The van der Waals surface area contributed by atoms with Gasteiger partial charge in [0.25, 0.3) is 5.91 Å². The molecule has 1 aliphatic heterocycles. The van der Waals surface area contributed by atoms with Crippen LogP contribution in [0.1, 0.15) is 12.0 Å². The summed E-state index contributed by atoms with van der Waals surface area (Å²) >= 11 is 6.22. The standard InChI is InChI=1S/C14H13NO5S2/c1-20-10-6-8(2-3-9(10)16)7-11-13(19)15(14(21)22-11)5-4-12(17)18/h2-3,6-7,16H,4-5H2,1H3,(H,17,18)/b11-7-. The highest BCUT2D eigenvalue weighted by molar-refractivity contribution is 8.26. The van der Waals surface area contributed by atoms with Gasteiger partial charge in [0.15, 0.2) is 11.5 Å². The van der Waals surface area contributed by atoms with Gasteiger partial charge in [0.05, 0.1) is 18.4 Å². The van der Waals surface area contributed by atoms with E-state index in [0.29, 0.717) is 20.5 Å². The molecule has 1 aromatic rings. The van der Waals surface area contributed by atoms with Crippen LogP contribution >= 0.6 is 24.0 Å². The number of nitrogens with zero attached hydrogens (tertiary/aromatic N) is 1. The number of ether oxygens (including phenoxy) is 1. The van der Waals surface area contributed by atoms with Crippen molar-refractivity contribution in [3.63, 3.8) is 0 Å². The van der Waals surface area contributed by atoms with Crippen molar-refractivity contribution in [1.29, 1.82) is 0 Å². The zero-order chi connectivity index (χ0) is 16.3. The number of carbonyl (C=O) groups is 2. The van der Waals surface area contributed by atoms with E-state index in [9.17, 15) is 14.7 Å². The lowest BCUT2D eigenvalue weighted by Gasteiger charge is -2.12. The van der Waals surface area contributed by atoms with Gasteiger partial charge in [0.1, 0.15) is 4.32 Å². The molecule has 0 atom stereocenters. The maximum absolute atomic E-state index is 12.2. The molecule has 1 amide bonds. The van der Waals surface area contributed by atoms with Crippen molar-refractivity contribution in [2.45, 2.75) is 6.42 Å². The number of aromatic hydroxyl groups is 1. The third-order valence-corrected chi connectivity index (χ3v) is 4.30. The molecule has 0 unspecified atom stereocenters. The molecule has 0 saturated carbocycles. The van der Waals surface area contributed by atoms with Crippen LogP contribution in [0.2, 0.25) is 0 Å². The van der Waals surface area contributed by atoms with Crippen LogP contribution in [-0.2, 0) is 9.59 Å². The first-order chi connectivity index (χ1) is 10.4. The number of benzene rings is 1. The topological polar surface area (TPSA) is 87.1 Å². The minimum Gasteiger partial charge on any atom is -0.504 e. The Hall–Kier alpha value is -2.06. The molecule has 6 nitrogen and oxygen atoms in total. The van der Waals surface area contributed by atoms with Crippen molar-refractivity contribution >= 4 is 46.3 Å². The van der Waals surface area contributed by atoms with Crippen molar-refractivity contribution in [3.05, 3.63) is 28.7 Å². The minimum absolute atomic E-state index is 0.00802. The van der Waals surface area contributed by atoms with E-state index in [1.165, 1.54) is 18.1 Å². The SMILES string of the molecule is COc1cc(/C=C2\SC(=S)N(CCC(=O)O)C2=O)ccc1O. The third-order valence-electron chi connectivity index (χ3n) is 2.92. The van der Waals surface area contributed by atoms with Crippen LogP contribution in [0.25, 0.3) is 6.08 Å². The number of hydrogen-bond donors (Lipinski definition) is 2. The van der Waals surface area contributed by atoms with Crippen LogP contribution in [0.15, 0.2) is 23.1 Å². The van der Waals surface area contributed by atoms with Crippen LogP contribution in [0.3, 0.4) is 0 Å². The first-order valence-electron chi connectivity index (χ1n) is 6.26. The fourth-order valence-electron chi connectivity index (χ4n) is 1.84. The molecule has 0 aromatic heterocycles. The van der Waals surface area contributed by atoms with Gasteiger partial charge in [-0.15, -0.1) is 0 Å². The highest BCUT2D eigenvalue weighted by atomic mass is 32.2. The summed E-state index contributed by atoms with van der Waals surface area (Å²) in [7, 11) is 1.43. The average Bonchev–Trinajstić information content (AvgIpc) is 2.73. The van der Waals surface area contributed by atoms with Crippen molar-refractivity contribution < 1.29 is 24.5 Å². The predicted octanol–water partition coefficient (Wildman–Crippen LogP) is 2.08. The second kappa shape index (κ2) is 6.80. The van der Waals surface area contributed by atoms with Gasteiger partial charge < -0.3 is 14.9 Å². The Balaban J connectivity index is 2.21. The largest absolute Gasteiger partial charge is 0.504 e. The first-order valence-corrected chi connectivity index (χ1v) is 7.49. The molecule has 116 valence electrons. The second-order valence-electron chi connectivity index (χ2n) is 4.41. The maximum atomic E-state index is 12.2. The van der Waals surface area contributed by atoms with E-state index in [-0.39, 0.29) is 24.6 Å². The molecule has 1 aliphatic rings. The van der Waals surface area contributed by atoms with Crippen molar-refractivity contribution in [2.75, 3.05) is 13.7 Å². The number of carbonyl (C=O) groups excluding carboxylic acids is 1. The Kier molecular flexibility index (Phi) is 5.04. The molecule has 0 aliphatic carbocycles. The van der Waals surface area contributed by atoms with Gasteiger partial charge in [0.2, 0.25) is 0 Å². The number of phenolic OH excluding ortho intramolecular Hbond substituents is 1. The van der Waals surface area contributed by atoms with Crippen LogP contribution in [0.4, 0.5) is 0 Å². The summed E-state index contributed by atoms with van der Waals surface area (Å²) in [5, 5.41) is 18.2. The van der Waals surface area contributed by atoms with E-state index < -0.39 is 5.97 Å². The molecule has 8 heteroatoms. The molecule has 2 rings (SSSR count). The number of hydrogen-bond acceptors (Lipinski definition) is 6. The van der Waals surface area contributed by atoms with Gasteiger partial charge in [-0.05, 0) is 23.8 Å². The van der Waals surface area contributed by atoms with E-state index in [0.717, 1.165) is 11.8 Å². The highest BCUT2D eigenvalue weighted by Gasteiger charge is 2.32. The van der Waals surface area contributed by atoms with Gasteiger partial charge in [-0.3, -0.25) is 14.5 Å². The lowest BCUT2D eigenvalue weighted by molar-refractivity contribution is -0.137. The van der Waals surface area contributed by atoms with Crippen LogP contribution < -0.4 is 4.74 Å². The fraction of sp³-hybridized carbons (Fsp3) is 0.214. The Morgan fingerprint density at radius 1 is 1.50 bits per heavy atom. The summed E-state index contributed by atoms with van der Waals surface area (Å²) < 4.78 is 5.35. The number of phenols is 1. The lowest BCUT2D eigenvalue weighted by atomic mass is 10.2. The Morgan fingerprint density at radius 2 is 2.23 bits per heavy atom. The summed E-state index contributed by atoms with van der Waals surface area (Å²) in [6.45, 7) is 0.0518. The zero-order valence-electron chi connectivity index (χ0n) is 11.6. The van der Waals surface area contributed by atoms with Gasteiger partial charge in [-0.25, -0.2) is 0 Å². The lowest BCUT2D eigenvalue weighted by Crippen LogP contribution is -2.30. The molecule has 2 N–H and O–H groups in total.